The van der Waals surface area contributed by atoms with Gasteiger partial charge in [-0.3, -0.25) is 9.59 Å². The smallest absolute Gasteiger partial charge is 0.251 e. The maximum absolute atomic E-state index is 12.4. The first-order valence-corrected chi connectivity index (χ1v) is 10.1. The zero-order chi connectivity index (χ0) is 20.1. The third kappa shape index (κ3) is 5.71. The summed E-state index contributed by atoms with van der Waals surface area (Å²) in [4.78, 5) is 31.5. The van der Waals surface area contributed by atoms with Crippen molar-refractivity contribution in [3.8, 4) is 0 Å². The number of aromatic amines is 1. The maximum atomic E-state index is 12.4. The van der Waals surface area contributed by atoms with E-state index in [0.29, 0.717) is 21.6 Å². The molecule has 0 aliphatic rings. The lowest BCUT2D eigenvalue weighted by molar-refractivity contribution is -0.115. The summed E-state index contributed by atoms with van der Waals surface area (Å²) in [5.74, 6) is 0.402. The van der Waals surface area contributed by atoms with E-state index in [0.717, 1.165) is 22.4 Å². The number of aryl methyl sites for hydroxylation is 2. The first-order valence-electron chi connectivity index (χ1n) is 8.73. The van der Waals surface area contributed by atoms with Crippen LogP contribution in [0.25, 0.3) is 0 Å². The highest BCUT2D eigenvalue weighted by atomic mass is 35.5. The van der Waals surface area contributed by atoms with Crippen molar-refractivity contribution >= 4 is 35.0 Å². The lowest BCUT2D eigenvalue weighted by Gasteiger charge is -2.09. The van der Waals surface area contributed by atoms with E-state index in [1.54, 1.807) is 0 Å². The van der Waals surface area contributed by atoms with Crippen molar-refractivity contribution in [1.82, 2.24) is 9.97 Å². The van der Waals surface area contributed by atoms with Gasteiger partial charge in [-0.05, 0) is 48.7 Å². The van der Waals surface area contributed by atoms with Gasteiger partial charge in [0.1, 0.15) is 0 Å². The molecule has 5 nitrogen and oxygen atoms in total. The number of amides is 1. The fraction of sp³-hybridized carbons (Fsp3) is 0.190. The van der Waals surface area contributed by atoms with Crippen LogP contribution in [0.3, 0.4) is 0 Å². The van der Waals surface area contributed by atoms with Crippen LogP contribution in [-0.2, 0) is 17.0 Å². The Hall–Kier alpha value is -2.57. The number of nitrogens with zero attached hydrogens (tertiary/aromatic N) is 1. The molecule has 2 N–H and O–H groups in total. The molecule has 1 heterocycles. The van der Waals surface area contributed by atoms with Crippen LogP contribution in [0.2, 0.25) is 5.02 Å². The van der Waals surface area contributed by atoms with Gasteiger partial charge in [0.25, 0.3) is 5.56 Å². The minimum absolute atomic E-state index is 0.0298. The summed E-state index contributed by atoms with van der Waals surface area (Å²) in [6.07, 6.45) is 0.0298. The average molecular weight is 414 g/mol. The summed E-state index contributed by atoms with van der Waals surface area (Å²) in [6, 6.07) is 14.7. The fourth-order valence-electron chi connectivity index (χ4n) is 2.65. The van der Waals surface area contributed by atoms with Gasteiger partial charge < -0.3 is 10.3 Å². The van der Waals surface area contributed by atoms with Gasteiger partial charge in [0, 0.05) is 22.5 Å². The van der Waals surface area contributed by atoms with Crippen LogP contribution in [-0.4, -0.2) is 15.9 Å². The number of nitrogens with one attached hydrogen (secondary N) is 2. The molecule has 2 aromatic carbocycles. The predicted molar refractivity (Wildman–Crippen MR) is 114 cm³/mol. The Morgan fingerprint density at radius 1 is 1.18 bits per heavy atom. The van der Waals surface area contributed by atoms with Crippen molar-refractivity contribution in [3.05, 3.63) is 86.3 Å². The summed E-state index contributed by atoms with van der Waals surface area (Å²) in [5.41, 5.74) is 3.99. The number of H-pyrrole nitrogens is 1. The second-order valence-corrected chi connectivity index (χ2v) is 7.90. The Bertz CT molecular complexity index is 1070. The van der Waals surface area contributed by atoms with Crippen molar-refractivity contribution in [2.45, 2.75) is 31.2 Å². The van der Waals surface area contributed by atoms with Gasteiger partial charge in [0.2, 0.25) is 5.91 Å². The van der Waals surface area contributed by atoms with E-state index in [-0.39, 0.29) is 17.9 Å². The highest BCUT2D eigenvalue weighted by molar-refractivity contribution is 7.98. The van der Waals surface area contributed by atoms with Gasteiger partial charge in [-0.15, -0.1) is 0 Å². The minimum Gasteiger partial charge on any atom is -0.326 e. The van der Waals surface area contributed by atoms with Crippen LogP contribution in [0.1, 0.15) is 22.4 Å². The summed E-state index contributed by atoms with van der Waals surface area (Å²) in [6.45, 7) is 3.90. The Balaban J connectivity index is 1.68. The van der Waals surface area contributed by atoms with E-state index < -0.39 is 0 Å². The van der Waals surface area contributed by atoms with Gasteiger partial charge in [-0.1, -0.05) is 47.6 Å². The molecule has 0 aliphatic heterocycles. The standard InChI is InChI=1S/C21H20ClN3O2S/c1-13-6-7-14(2)18(8-13)24-19(26)10-17-11-20(27)25-21(23-17)28-12-15-4-3-5-16(22)9-15/h3-9,11H,10,12H2,1-2H3,(H,24,26)(H,23,25,27). The first kappa shape index (κ1) is 20.2. The molecule has 0 unspecified atom stereocenters. The van der Waals surface area contributed by atoms with E-state index in [9.17, 15) is 9.59 Å². The van der Waals surface area contributed by atoms with Crippen LogP contribution in [0, 0.1) is 13.8 Å². The largest absolute Gasteiger partial charge is 0.326 e. The maximum Gasteiger partial charge on any atom is 0.251 e. The molecule has 3 aromatic rings. The number of rotatable bonds is 6. The van der Waals surface area contributed by atoms with Crippen molar-refractivity contribution in [1.29, 1.82) is 0 Å². The molecule has 144 valence electrons. The van der Waals surface area contributed by atoms with E-state index in [2.05, 4.69) is 15.3 Å². The van der Waals surface area contributed by atoms with Crippen molar-refractivity contribution in [2.24, 2.45) is 0 Å². The monoisotopic (exact) mass is 413 g/mol. The predicted octanol–water partition coefficient (Wildman–Crippen LogP) is 4.51. The topological polar surface area (TPSA) is 74.8 Å². The molecule has 0 saturated carbocycles. The fourth-order valence-corrected chi connectivity index (χ4v) is 3.70. The molecule has 1 amide bonds. The number of aromatic nitrogens is 2. The Morgan fingerprint density at radius 3 is 2.79 bits per heavy atom. The van der Waals surface area contributed by atoms with E-state index in [1.807, 2.05) is 56.3 Å². The van der Waals surface area contributed by atoms with Gasteiger partial charge in [0.15, 0.2) is 5.16 Å². The third-order valence-electron chi connectivity index (χ3n) is 4.05. The van der Waals surface area contributed by atoms with Crippen LogP contribution < -0.4 is 10.9 Å². The molecule has 0 fully saturated rings. The molecule has 0 bridgehead atoms. The van der Waals surface area contributed by atoms with Crippen molar-refractivity contribution < 1.29 is 4.79 Å². The SMILES string of the molecule is Cc1ccc(C)c(NC(=O)Cc2cc(=O)[nH]c(SCc3cccc(Cl)c3)n2)c1. The number of hydrogen-bond donors (Lipinski definition) is 2. The van der Waals surface area contributed by atoms with E-state index >= 15 is 0 Å². The molecular weight excluding hydrogens is 394 g/mol. The van der Waals surface area contributed by atoms with E-state index in [4.69, 9.17) is 11.6 Å². The van der Waals surface area contributed by atoms with Crippen LogP contribution in [0.5, 0.6) is 0 Å². The normalized spacial score (nSPS) is 10.7. The molecule has 0 radical (unpaired) electrons. The van der Waals surface area contributed by atoms with Crippen LogP contribution in [0.15, 0.2) is 58.5 Å². The lowest BCUT2D eigenvalue weighted by atomic mass is 10.1. The van der Waals surface area contributed by atoms with Gasteiger partial charge in [-0.25, -0.2) is 4.98 Å². The quantitative estimate of drug-likeness (QED) is 0.460. The molecular formula is C21H20ClN3O2S. The summed E-state index contributed by atoms with van der Waals surface area (Å²) < 4.78 is 0. The van der Waals surface area contributed by atoms with Crippen molar-refractivity contribution in [2.75, 3.05) is 5.32 Å². The summed E-state index contributed by atoms with van der Waals surface area (Å²) in [7, 11) is 0. The molecule has 3 rings (SSSR count). The van der Waals surface area contributed by atoms with Gasteiger partial charge in [0.05, 0.1) is 12.1 Å². The highest BCUT2D eigenvalue weighted by Gasteiger charge is 2.10. The molecule has 1 aromatic heterocycles. The molecule has 0 saturated heterocycles. The Labute approximate surface area is 172 Å². The van der Waals surface area contributed by atoms with Crippen LogP contribution >= 0.6 is 23.4 Å². The number of anilines is 1. The molecule has 0 spiro atoms. The summed E-state index contributed by atoms with van der Waals surface area (Å²) in [5, 5.41) is 4.03. The number of benzene rings is 2. The number of hydrogen-bond acceptors (Lipinski definition) is 4. The number of thioether (sulfide) groups is 1. The lowest BCUT2D eigenvalue weighted by Crippen LogP contribution is -2.18. The number of carbonyl (C=O) groups excluding carboxylic acids is 1. The molecule has 0 atom stereocenters. The summed E-state index contributed by atoms with van der Waals surface area (Å²) >= 11 is 7.38. The van der Waals surface area contributed by atoms with Gasteiger partial charge >= 0.3 is 0 Å². The number of carbonyl (C=O) groups is 1. The van der Waals surface area contributed by atoms with Gasteiger partial charge in [-0.2, -0.15) is 0 Å². The molecule has 28 heavy (non-hydrogen) atoms. The Morgan fingerprint density at radius 2 is 2.00 bits per heavy atom. The van der Waals surface area contributed by atoms with E-state index in [1.165, 1.54) is 17.8 Å². The average Bonchev–Trinajstić information content (AvgIpc) is 2.62. The highest BCUT2D eigenvalue weighted by Crippen LogP contribution is 2.21. The van der Waals surface area contributed by atoms with Crippen LogP contribution in [0.4, 0.5) is 5.69 Å². The molecule has 7 heteroatoms. The first-order chi connectivity index (χ1) is 13.4. The second-order valence-electron chi connectivity index (χ2n) is 6.50. The minimum atomic E-state index is -0.280. The zero-order valence-electron chi connectivity index (χ0n) is 15.6. The zero-order valence-corrected chi connectivity index (χ0v) is 17.2. The number of halogens is 1. The van der Waals surface area contributed by atoms with Crippen molar-refractivity contribution in [3.63, 3.8) is 0 Å². The molecule has 0 aliphatic carbocycles. The Kier molecular flexibility index (Phi) is 6.54. The second kappa shape index (κ2) is 9.08. The third-order valence-corrected chi connectivity index (χ3v) is 5.23.